The van der Waals surface area contributed by atoms with Crippen LogP contribution >= 0.6 is 15.9 Å². The number of carbonyl (C=O) groups excluding carboxylic acids is 1. The van der Waals surface area contributed by atoms with Gasteiger partial charge in [0, 0.05) is 27.1 Å². The highest BCUT2D eigenvalue weighted by atomic mass is 79.9. The number of aromatic nitrogens is 1. The van der Waals surface area contributed by atoms with Gasteiger partial charge in [-0.25, -0.2) is 13.8 Å². The molecule has 9 heteroatoms. The number of nitrogens with zero attached hydrogens (tertiary/aromatic N) is 3. The standard InChI is InChI=1S/C29H29BrN4O3S/c1-20-13-14-26(15-21(20)2)33(38(36,37)28-11-6-5-7-12-28)19-29(35)32-31-18-24-16-22(3)34(23(24)4)27-10-8-9-25(30)17-27/h5-18H,19H2,1-4H3,(H,32,35)/b31-18-. The fourth-order valence-corrected chi connectivity index (χ4v) is 6.01. The Balaban J connectivity index is 1.56. The number of amides is 1. The number of aryl methyl sites for hydroxylation is 3. The summed E-state index contributed by atoms with van der Waals surface area (Å²) in [4.78, 5) is 13.0. The summed E-state index contributed by atoms with van der Waals surface area (Å²) >= 11 is 3.51. The van der Waals surface area contributed by atoms with E-state index in [9.17, 15) is 13.2 Å². The highest BCUT2D eigenvalue weighted by molar-refractivity contribution is 9.10. The summed E-state index contributed by atoms with van der Waals surface area (Å²) in [7, 11) is -3.99. The Morgan fingerprint density at radius 3 is 2.37 bits per heavy atom. The molecule has 4 aromatic rings. The van der Waals surface area contributed by atoms with Crippen LogP contribution in [0.3, 0.4) is 0 Å². The van der Waals surface area contributed by atoms with Gasteiger partial charge in [0.1, 0.15) is 6.54 Å². The quantitative estimate of drug-likeness (QED) is 0.207. The van der Waals surface area contributed by atoms with Gasteiger partial charge >= 0.3 is 0 Å². The van der Waals surface area contributed by atoms with Gasteiger partial charge in [-0.15, -0.1) is 0 Å². The number of rotatable bonds is 8. The molecule has 3 aromatic carbocycles. The van der Waals surface area contributed by atoms with Crippen LogP contribution in [0.15, 0.2) is 93.3 Å². The predicted octanol–water partition coefficient (Wildman–Crippen LogP) is 5.82. The predicted molar refractivity (Wildman–Crippen MR) is 156 cm³/mol. The Labute approximate surface area is 232 Å². The molecule has 7 nitrogen and oxygen atoms in total. The smallest absolute Gasteiger partial charge is 0.264 e. The van der Waals surface area contributed by atoms with Gasteiger partial charge in [-0.05, 0) is 87.4 Å². The van der Waals surface area contributed by atoms with Crippen molar-refractivity contribution in [3.63, 3.8) is 0 Å². The van der Waals surface area contributed by atoms with Crippen LogP contribution in [0.4, 0.5) is 5.69 Å². The van der Waals surface area contributed by atoms with E-state index in [2.05, 4.69) is 31.0 Å². The number of carbonyl (C=O) groups is 1. The molecule has 1 aromatic heterocycles. The summed E-state index contributed by atoms with van der Waals surface area (Å²) in [5.74, 6) is -0.556. The molecule has 38 heavy (non-hydrogen) atoms. The number of hydrazone groups is 1. The molecule has 0 aliphatic carbocycles. The molecule has 0 bridgehead atoms. The molecule has 0 spiro atoms. The summed E-state index contributed by atoms with van der Waals surface area (Å²) < 4.78 is 31.2. The topological polar surface area (TPSA) is 83.8 Å². The molecule has 0 aliphatic rings. The van der Waals surface area contributed by atoms with E-state index in [1.54, 1.807) is 36.5 Å². The van der Waals surface area contributed by atoms with E-state index >= 15 is 0 Å². The largest absolute Gasteiger partial charge is 0.318 e. The van der Waals surface area contributed by atoms with Crippen molar-refractivity contribution >= 4 is 43.8 Å². The van der Waals surface area contributed by atoms with Gasteiger partial charge in [-0.1, -0.05) is 46.3 Å². The van der Waals surface area contributed by atoms with Crippen molar-refractivity contribution in [2.24, 2.45) is 5.10 Å². The van der Waals surface area contributed by atoms with Crippen LogP contribution in [0.25, 0.3) is 5.69 Å². The Bertz CT molecular complexity index is 1610. The van der Waals surface area contributed by atoms with E-state index in [-0.39, 0.29) is 4.90 Å². The minimum atomic E-state index is -3.99. The summed E-state index contributed by atoms with van der Waals surface area (Å²) in [6.07, 6.45) is 1.57. The van der Waals surface area contributed by atoms with Crippen LogP contribution in [0.2, 0.25) is 0 Å². The first kappa shape index (κ1) is 27.3. The molecular weight excluding hydrogens is 564 g/mol. The van der Waals surface area contributed by atoms with Crippen LogP contribution in [0.5, 0.6) is 0 Å². The normalized spacial score (nSPS) is 11.6. The Morgan fingerprint density at radius 1 is 0.947 bits per heavy atom. The number of nitrogens with one attached hydrogen (secondary N) is 1. The first-order valence-electron chi connectivity index (χ1n) is 12.0. The third-order valence-corrected chi connectivity index (χ3v) is 8.61. The highest BCUT2D eigenvalue weighted by Crippen LogP contribution is 2.26. The van der Waals surface area contributed by atoms with E-state index in [1.807, 2.05) is 64.1 Å². The zero-order valence-electron chi connectivity index (χ0n) is 21.6. The van der Waals surface area contributed by atoms with E-state index in [0.717, 1.165) is 42.5 Å². The summed E-state index contributed by atoms with van der Waals surface area (Å²) in [5.41, 5.74) is 8.68. The second-order valence-electron chi connectivity index (χ2n) is 9.03. The van der Waals surface area contributed by atoms with Crippen LogP contribution in [0.1, 0.15) is 28.1 Å². The molecule has 1 heterocycles. The molecule has 0 atom stereocenters. The molecule has 4 rings (SSSR count). The summed E-state index contributed by atoms with van der Waals surface area (Å²) in [5, 5.41) is 4.13. The van der Waals surface area contributed by atoms with Gasteiger partial charge in [-0.2, -0.15) is 5.10 Å². The molecule has 0 radical (unpaired) electrons. The number of benzene rings is 3. The van der Waals surface area contributed by atoms with E-state index in [1.165, 1.54) is 12.1 Å². The van der Waals surface area contributed by atoms with Crippen molar-refractivity contribution in [2.45, 2.75) is 32.6 Å². The molecule has 0 aliphatic heterocycles. The van der Waals surface area contributed by atoms with Crippen LogP contribution in [-0.4, -0.2) is 31.7 Å². The van der Waals surface area contributed by atoms with E-state index in [4.69, 9.17) is 0 Å². The van der Waals surface area contributed by atoms with Crippen LogP contribution in [-0.2, 0) is 14.8 Å². The van der Waals surface area contributed by atoms with Gasteiger partial charge in [0.15, 0.2) is 0 Å². The van der Waals surface area contributed by atoms with Gasteiger partial charge in [-0.3, -0.25) is 9.10 Å². The Hall–Kier alpha value is -3.69. The molecule has 1 amide bonds. The van der Waals surface area contributed by atoms with Gasteiger partial charge in [0.2, 0.25) is 0 Å². The maximum absolute atomic E-state index is 13.5. The van der Waals surface area contributed by atoms with E-state index < -0.39 is 22.5 Å². The fraction of sp³-hybridized carbons (Fsp3) is 0.172. The lowest BCUT2D eigenvalue weighted by Crippen LogP contribution is -2.39. The Kier molecular flexibility index (Phi) is 8.18. The zero-order chi connectivity index (χ0) is 27.4. The highest BCUT2D eigenvalue weighted by Gasteiger charge is 2.27. The maximum atomic E-state index is 13.5. The molecule has 0 unspecified atom stereocenters. The zero-order valence-corrected chi connectivity index (χ0v) is 24.0. The second-order valence-corrected chi connectivity index (χ2v) is 11.8. The molecule has 0 fully saturated rings. The number of hydrogen-bond donors (Lipinski definition) is 1. The first-order chi connectivity index (χ1) is 18.1. The molecule has 0 saturated carbocycles. The number of hydrogen-bond acceptors (Lipinski definition) is 4. The van der Waals surface area contributed by atoms with Gasteiger partial charge < -0.3 is 4.57 Å². The number of anilines is 1. The van der Waals surface area contributed by atoms with Crippen molar-refractivity contribution < 1.29 is 13.2 Å². The summed E-state index contributed by atoms with van der Waals surface area (Å²) in [6, 6.07) is 23.4. The van der Waals surface area contributed by atoms with Crippen molar-refractivity contribution in [1.82, 2.24) is 9.99 Å². The van der Waals surface area contributed by atoms with Crippen LogP contribution in [0, 0.1) is 27.7 Å². The molecule has 196 valence electrons. The van der Waals surface area contributed by atoms with Gasteiger partial charge in [0.05, 0.1) is 16.8 Å². The lowest BCUT2D eigenvalue weighted by atomic mass is 10.1. The van der Waals surface area contributed by atoms with E-state index in [0.29, 0.717) is 5.69 Å². The number of sulfonamides is 1. The van der Waals surface area contributed by atoms with Gasteiger partial charge in [0.25, 0.3) is 15.9 Å². The average molecular weight is 594 g/mol. The minimum Gasteiger partial charge on any atom is -0.318 e. The molecular formula is C29H29BrN4O3S. The van der Waals surface area contributed by atoms with Crippen molar-refractivity contribution in [2.75, 3.05) is 10.8 Å². The lowest BCUT2D eigenvalue weighted by molar-refractivity contribution is -0.119. The first-order valence-corrected chi connectivity index (χ1v) is 14.2. The fourth-order valence-electron chi connectivity index (χ4n) is 4.19. The SMILES string of the molecule is Cc1ccc(N(CC(=O)N/N=C\c2cc(C)n(-c3cccc(Br)c3)c2C)S(=O)(=O)c2ccccc2)cc1C. The van der Waals surface area contributed by atoms with Crippen molar-refractivity contribution in [3.05, 3.63) is 111 Å². The maximum Gasteiger partial charge on any atom is 0.264 e. The third kappa shape index (κ3) is 5.89. The van der Waals surface area contributed by atoms with Crippen molar-refractivity contribution in [3.8, 4) is 5.69 Å². The minimum absolute atomic E-state index is 0.106. The average Bonchev–Trinajstić information content (AvgIpc) is 3.17. The van der Waals surface area contributed by atoms with Crippen molar-refractivity contribution in [1.29, 1.82) is 0 Å². The summed E-state index contributed by atoms with van der Waals surface area (Å²) in [6.45, 7) is 7.41. The monoisotopic (exact) mass is 592 g/mol. The number of halogens is 1. The third-order valence-electron chi connectivity index (χ3n) is 6.33. The van der Waals surface area contributed by atoms with Crippen LogP contribution < -0.4 is 9.73 Å². The molecule has 1 N–H and O–H groups in total. The lowest BCUT2D eigenvalue weighted by Gasteiger charge is -2.24. The molecule has 0 saturated heterocycles. The Morgan fingerprint density at radius 2 is 1.68 bits per heavy atom. The second kappa shape index (κ2) is 11.4.